The number of rotatable bonds is 8. The molecule has 0 radical (unpaired) electrons. The van der Waals surface area contributed by atoms with E-state index in [1.807, 2.05) is 29.2 Å². The van der Waals surface area contributed by atoms with Gasteiger partial charge in [-0.25, -0.2) is 0 Å². The number of ether oxygens (including phenoxy) is 1. The lowest BCUT2D eigenvalue weighted by molar-refractivity contribution is -0.138. The van der Waals surface area contributed by atoms with Crippen molar-refractivity contribution in [1.82, 2.24) is 4.90 Å². The minimum atomic E-state index is -0.740. The number of nitrogens with zero attached hydrogens (tertiary/aromatic N) is 1. The molecule has 1 fully saturated rings. The van der Waals surface area contributed by atoms with Gasteiger partial charge in [0.15, 0.2) is 0 Å². The fourth-order valence-corrected chi connectivity index (χ4v) is 2.17. The molecule has 0 bridgehead atoms. The average molecular weight is 263 g/mol. The smallest absolute Gasteiger partial charge is 0.317 e. The summed E-state index contributed by atoms with van der Waals surface area (Å²) < 4.78 is 5.12. The Bertz CT molecular complexity index is 412. The monoisotopic (exact) mass is 263 g/mol. The molecule has 0 atom stereocenters. The summed E-state index contributed by atoms with van der Waals surface area (Å²) in [5, 5.41) is 8.92. The molecule has 1 aliphatic carbocycles. The van der Waals surface area contributed by atoms with Gasteiger partial charge in [0.05, 0.1) is 13.7 Å². The highest BCUT2D eigenvalue weighted by Crippen LogP contribution is 2.29. The molecule has 104 valence electrons. The van der Waals surface area contributed by atoms with E-state index >= 15 is 0 Å². The second kappa shape index (κ2) is 6.57. The Morgan fingerprint density at radius 1 is 1.37 bits per heavy atom. The largest absolute Gasteiger partial charge is 0.497 e. The number of carboxylic acid groups (broad SMARTS) is 1. The normalized spacial score (nSPS) is 14.6. The maximum atomic E-state index is 10.8. The van der Waals surface area contributed by atoms with Crippen molar-refractivity contribution in [1.29, 1.82) is 0 Å². The third-order valence-electron chi connectivity index (χ3n) is 3.45. The van der Waals surface area contributed by atoms with Crippen LogP contribution in [0.2, 0.25) is 0 Å². The highest BCUT2D eigenvalue weighted by Gasteiger charge is 2.24. The van der Waals surface area contributed by atoms with Gasteiger partial charge in [-0.3, -0.25) is 9.69 Å². The number of hydrogen-bond donors (Lipinski definition) is 1. The summed E-state index contributed by atoms with van der Waals surface area (Å²) >= 11 is 0. The lowest BCUT2D eigenvalue weighted by Gasteiger charge is -2.20. The molecule has 1 saturated carbocycles. The molecule has 1 aromatic rings. The Morgan fingerprint density at radius 2 is 2.05 bits per heavy atom. The summed E-state index contributed by atoms with van der Waals surface area (Å²) in [5.74, 6) is 0.828. The molecule has 0 unspecified atom stereocenters. The summed E-state index contributed by atoms with van der Waals surface area (Å²) in [6, 6.07) is 7.96. The first kappa shape index (κ1) is 13.9. The molecular weight excluding hydrogens is 242 g/mol. The Balaban J connectivity index is 1.83. The number of aliphatic carboxylic acids is 1. The number of methoxy groups -OCH3 is 1. The van der Waals surface area contributed by atoms with Gasteiger partial charge < -0.3 is 9.84 Å². The fraction of sp³-hybridized carbons (Fsp3) is 0.533. The van der Waals surface area contributed by atoms with Crippen molar-refractivity contribution < 1.29 is 14.6 Å². The molecular formula is C15H21NO3. The van der Waals surface area contributed by atoms with Crippen molar-refractivity contribution in [3.05, 3.63) is 29.8 Å². The van der Waals surface area contributed by atoms with Crippen LogP contribution in [0.4, 0.5) is 0 Å². The molecule has 0 amide bonds. The van der Waals surface area contributed by atoms with E-state index in [0.29, 0.717) is 0 Å². The van der Waals surface area contributed by atoms with Crippen LogP contribution in [0.5, 0.6) is 5.75 Å². The van der Waals surface area contributed by atoms with Gasteiger partial charge in [0.2, 0.25) is 0 Å². The van der Waals surface area contributed by atoms with Gasteiger partial charge in [0, 0.05) is 13.1 Å². The zero-order chi connectivity index (χ0) is 13.7. The van der Waals surface area contributed by atoms with Gasteiger partial charge in [-0.05, 0) is 42.9 Å². The third-order valence-corrected chi connectivity index (χ3v) is 3.45. The van der Waals surface area contributed by atoms with Crippen LogP contribution in [0.25, 0.3) is 0 Å². The Kier molecular flexibility index (Phi) is 4.80. The van der Waals surface area contributed by atoms with Gasteiger partial charge in [-0.1, -0.05) is 12.1 Å². The number of benzene rings is 1. The summed E-state index contributed by atoms with van der Waals surface area (Å²) in [5.41, 5.74) is 1.21. The van der Waals surface area contributed by atoms with Crippen LogP contribution in [0.3, 0.4) is 0 Å². The van der Waals surface area contributed by atoms with E-state index in [1.54, 1.807) is 7.11 Å². The van der Waals surface area contributed by atoms with Crippen LogP contribution in [0.15, 0.2) is 24.3 Å². The van der Waals surface area contributed by atoms with Gasteiger partial charge in [0.25, 0.3) is 0 Å². The number of carbonyl (C=O) groups is 1. The predicted molar refractivity (Wildman–Crippen MR) is 73.5 cm³/mol. The second-order valence-electron chi connectivity index (χ2n) is 5.17. The van der Waals surface area contributed by atoms with Crippen molar-refractivity contribution in [3.8, 4) is 5.75 Å². The molecule has 19 heavy (non-hydrogen) atoms. The molecule has 1 aromatic carbocycles. The van der Waals surface area contributed by atoms with Crippen molar-refractivity contribution in [3.63, 3.8) is 0 Å². The quantitative estimate of drug-likeness (QED) is 0.779. The van der Waals surface area contributed by atoms with Crippen LogP contribution >= 0.6 is 0 Å². The first-order valence-electron chi connectivity index (χ1n) is 6.74. The third kappa shape index (κ3) is 4.91. The van der Waals surface area contributed by atoms with E-state index in [9.17, 15) is 4.79 Å². The summed E-state index contributed by atoms with van der Waals surface area (Å²) in [6.07, 6.45) is 3.38. The predicted octanol–water partition coefficient (Wildman–Crippen LogP) is 2.03. The highest BCUT2D eigenvalue weighted by atomic mass is 16.5. The van der Waals surface area contributed by atoms with Crippen molar-refractivity contribution in [2.24, 2.45) is 5.92 Å². The first-order valence-corrected chi connectivity index (χ1v) is 6.74. The van der Waals surface area contributed by atoms with E-state index < -0.39 is 5.97 Å². The van der Waals surface area contributed by atoms with E-state index in [-0.39, 0.29) is 6.54 Å². The minimum Gasteiger partial charge on any atom is -0.497 e. The van der Waals surface area contributed by atoms with Crippen LogP contribution in [0, 0.1) is 5.92 Å². The number of hydrogen-bond acceptors (Lipinski definition) is 3. The van der Waals surface area contributed by atoms with Gasteiger partial charge in [0.1, 0.15) is 5.75 Å². The SMILES string of the molecule is COc1ccc(CCN(CC(=O)O)CC2CC2)cc1. The van der Waals surface area contributed by atoms with E-state index in [0.717, 1.165) is 31.2 Å². The summed E-state index contributed by atoms with van der Waals surface area (Å²) in [6.45, 7) is 1.87. The molecule has 1 N–H and O–H groups in total. The standard InChI is InChI=1S/C15H21NO3/c1-19-14-6-4-12(5-7-14)8-9-16(11-15(17)18)10-13-2-3-13/h4-7,13H,2-3,8-11H2,1H3,(H,17,18). The molecule has 0 aromatic heterocycles. The molecule has 0 spiro atoms. The summed E-state index contributed by atoms with van der Waals surface area (Å²) in [4.78, 5) is 12.9. The van der Waals surface area contributed by atoms with Crippen molar-refractivity contribution in [2.45, 2.75) is 19.3 Å². The lowest BCUT2D eigenvalue weighted by Crippen LogP contribution is -2.33. The van der Waals surface area contributed by atoms with Gasteiger partial charge >= 0.3 is 5.97 Å². The molecule has 0 aliphatic heterocycles. The zero-order valence-corrected chi connectivity index (χ0v) is 11.3. The molecule has 4 nitrogen and oxygen atoms in total. The number of carboxylic acids is 1. The Morgan fingerprint density at radius 3 is 2.58 bits per heavy atom. The van der Waals surface area contributed by atoms with Crippen LogP contribution in [-0.4, -0.2) is 42.7 Å². The summed E-state index contributed by atoms with van der Waals surface area (Å²) in [7, 11) is 1.65. The van der Waals surface area contributed by atoms with Crippen LogP contribution < -0.4 is 4.74 Å². The maximum Gasteiger partial charge on any atom is 0.317 e. The topological polar surface area (TPSA) is 49.8 Å². The van der Waals surface area contributed by atoms with E-state index in [2.05, 4.69) is 0 Å². The maximum absolute atomic E-state index is 10.8. The lowest BCUT2D eigenvalue weighted by atomic mass is 10.1. The molecule has 2 rings (SSSR count). The first-order chi connectivity index (χ1) is 9.17. The van der Waals surface area contributed by atoms with Crippen molar-refractivity contribution >= 4 is 5.97 Å². The molecule has 1 aliphatic rings. The van der Waals surface area contributed by atoms with Crippen molar-refractivity contribution in [2.75, 3.05) is 26.7 Å². The van der Waals surface area contributed by atoms with Crippen LogP contribution in [-0.2, 0) is 11.2 Å². The molecule has 4 heteroatoms. The van der Waals surface area contributed by atoms with E-state index in [4.69, 9.17) is 9.84 Å². The van der Waals surface area contributed by atoms with Crippen LogP contribution in [0.1, 0.15) is 18.4 Å². The van der Waals surface area contributed by atoms with Gasteiger partial charge in [-0.2, -0.15) is 0 Å². The van der Waals surface area contributed by atoms with E-state index in [1.165, 1.54) is 18.4 Å². The average Bonchev–Trinajstić information content (AvgIpc) is 3.20. The second-order valence-corrected chi connectivity index (χ2v) is 5.17. The minimum absolute atomic E-state index is 0.145. The van der Waals surface area contributed by atoms with Gasteiger partial charge in [-0.15, -0.1) is 0 Å². The molecule has 0 saturated heterocycles. The molecule has 0 heterocycles. The fourth-order valence-electron chi connectivity index (χ4n) is 2.17. The highest BCUT2D eigenvalue weighted by molar-refractivity contribution is 5.69. The Hall–Kier alpha value is -1.55. The Labute approximate surface area is 114 Å². The zero-order valence-electron chi connectivity index (χ0n) is 11.3.